The fraction of sp³-hybridized carbons (Fsp3) is 0.238. The maximum atomic E-state index is 13.3. The number of hydrogen-bond donors (Lipinski definition) is 0. The molecule has 1 aromatic heterocycles. The highest BCUT2D eigenvalue weighted by Gasteiger charge is 2.24. The summed E-state index contributed by atoms with van der Waals surface area (Å²) in [4.78, 5) is 25.7. The van der Waals surface area contributed by atoms with Crippen molar-refractivity contribution in [2.24, 2.45) is 0 Å². The van der Waals surface area contributed by atoms with Crippen LogP contribution in [0, 0.1) is 15.9 Å². The zero-order valence-corrected chi connectivity index (χ0v) is 15.6. The van der Waals surface area contributed by atoms with Gasteiger partial charge in [-0.15, -0.1) is 0 Å². The van der Waals surface area contributed by atoms with Crippen molar-refractivity contribution in [2.45, 2.75) is 19.3 Å². The first-order valence-electron chi connectivity index (χ1n) is 9.43. The minimum atomic E-state index is -0.486. The number of amides is 1. The molecule has 0 bridgehead atoms. The summed E-state index contributed by atoms with van der Waals surface area (Å²) in [5, 5.41) is 15.7. The molecule has 0 aliphatic carbocycles. The SMILES string of the molecule is O=C(c1cc(-c2ccc(F)cc2)nn1-c1cccc([N+](=O)[O-])c1)N1CCCCC1. The lowest BCUT2D eigenvalue weighted by molar-refractivity contribution is -0.384. The number of halogens is 1. The summed E-state index contributed by atoms with van der Waals surface area (Å²) < 4.78 is 14.7. The Balaban J connectivity index is 1.81. The smallest absolute Gasteiger partial charge is 0.272 e. The monoisotopic (exact) mass is 394 g/mol. The fourth-order valence-corrected chi connectivity index (χ4v) is 3.49. The van der Waals surface area contributed by atoms with Crippen LogP contribution < -0.4 is 0 Å². The summed E-state index contributed by atoms with van der Waals surface area (Å²) in [5.41, 5.74) is 1.82. The molecule has 0 spiro atoms. The van der Waals surface area contributed by atoms with E-state index in [9.17, 15) is 19.3 Å². The van der Waals surface area contributed by atoms with Crippen molar-refractivity contribution in [1.29, 1.82) is 0 Å². The first-order chi connectivity index (χ1) is 14.0. The highest BCUT2D eigenvalue weighted by molar-refractivity contribution is 5.94. The van der Waals surface area contributed by atoms with Crippen LogP contribution in [0.25, 0.3) is 16.9 Å². The van der Waals surface area contributed by atoms with Gasteiger partial charge >= 0.3 is 0 Å². The zero-order valence-electron chi connectivity index (χ0n) is 15.6. The van der Waals surface area contributed by atoms with Gasteiger partial charge in [-0.3, -0.25) is 14.9 Å². The van der Waals surface area contributed by atoms with Gasteiger partial charge in [0.25, 0.3) is 11.6 Å². The van der Waals surface area contributed by atoms with E-state index < -0.39 is 4.92 Å². The molecule has 0 saturated carbocycles. The van der Waals surface area contributed by atoms with E-state index in [0.29, 0.717) is 35.7 Å². The average molecular weight is 394 g/mol. The van der Waals surface area contributed by atoms with Crippen LogP contribution >= 0.6 is 0 Å². The molecular formula is C21H19FN4O3. The van der Waals surface area contributed by atoms with E-state index in [0.717, 1.165) is 19.3 Å². The highest BCUT2D eigenvalue weighted by atomic mass is 19.1. The molecule has 0 N–H and O–H groups in total. The molecule has 8 heteroatoms. The Labute approximate surface area is 166 Å². The molecule has 1 saturated heterocycles. The summed E-state index contributed by atoms with van der Waals surface area (Å²) in [6.45, 7) is 1.34. The van der Waals surface area contributed by atoms with Gasteiger partial charge in [-0.05, 0) is 55.7 Å². The largest absolute Gasteiger partial charge is 0.337 e. The summed E-state index contributed by atoms with van der Waals surface area (Å²) in [7, 11) is 0. The number of nitrogens with zero attached hydrogens (tertiary/aromatic N) is 4. The summed E-state index contributed by atoms with van der Waals surface area (Å²) in [6, 6.07) is 13.5. The predicted molar refractivity (Wildman–Crippen MR) is 105 cm³/mol. The van der Waals surface area contributed by atoms with Crippen LogP contribution in [-0.4, -0.2) is 38.6 Å². The number of rotatable bonds is 4. The summed E-state index contributed by atoms with van der Waals surface area (Å²) >= 11 is 0. The minimum Gasteiger partial charge on any atom is -0.337 e. The third-order valence-electron chi connectivity index (χ3n) is 5.00. The second kappa shape index (κ2) is 7.83. The van der Waals surface area contributed by atoms with E-state index in [2.05, 4.69) is 5.10 Å². The van der Waals surface area contributed by atoms with E-state index in [1.165, 1.54) is 28.9 Å². The van der Waals surface area contributed by atoms with E-state index in [4.69, 9.17) is 0 Å². The third-order valence-corrected chi connectivity index (χ3v) is 5.00. The molecule has 7 nitrogen and oxygen atoms in total. The van der Waals surface area contributed by atoms with Crippen molar-refractivity contribution in [3.05, 3.63) is 76.2 Å². The maximum Gasteiger partial charge on any atom is 0.272 e. The van der Waals surface area contributed by atoms with Crippen LogP contribution in [0.4, 0.5) is 10.1 Å². The summed E-state index contributed by atoms with van der Waals surface area (Å²) in [6.07, 6.45) is 2.98. The molecule has 2 aromatic carbocycles. The Morgan fingerprint density at radius 2 is 1.76 bits per heavy atom. The normalized spacial score (nSPS) is 14.0. The van der Waals surface area contributed by atoms with Gasteiger partial charge in [0, 0.05) is 30.8 Å². The van der Waals surface area contributed by atoms with Gasteiger partial charge < -0.3 is 4.90 Å². The van der Waals surface area contributed by atoms with Crippen LogP contribution in [0.3, 0.4) is 0 Å². The number of piperidine rings is 1. The second-order valence-electron chi connectivity index (χ2n) is 6.96. The molecule has 29 heavy (non-hydrogen) atoms. The Kier molecular flexibility index (Phi) is 5.07. The highest BCUT2D eigenvalue weighted by Crippen LogP contribution is 2.25. The lowest BCUT2D eigenvalue weighted by Gasteiger charge is -2.26. The first kappa shape index (κ1) is 18.8. The van der Waals surface area contributed by atoms with Crippen LogP contribution in [0.2, 0.25) is 0 Å². The van der Waals surface area contributed by atoms with Gasteiger partial charge in [0.1, 0.15) is 11.5 Å². The van der Waals surface area contributed by atoms with Crippen LogP contribution in [0.5, 0.6) is 0 Å². The molecule has 3 aromatic rings. The molecule has 1 aliphatic heterocycles. The van der Waals surface area contributed by atoms with E-state index in [1.807, 2.05) is 0 Å². The molecule has 0 unspecified atom stereocenters. The summed E-state index contributed by atoms with van der Waals surface area (Å²) in [5.74, 6) is -0.534. The van der Waals surface area contributed by atoms with Crippen LogP contribution in [-0.2, 0) is 0 Å². The Morgan fingerprint density at radius 3 is 2.45 bits per heavy atom. The predicted octanol–water partition coefficient (Wildman–Crippen LogP) is 4.21. The molecule has 0 radical (unpaired) electrons. The first-order valence-corrected chi connectivity index (χ1v) is 9.43. The van der Waals surface area contributed by atoms with Crippen molar-refractivity contribution in [2.75, 3.05) is 13.1 Å². The molecule has 1 aliphatic rings. The van der Waals surface area contributed by atoms with Gasteiger partial charge in [-0.2, -0.15) is 5.10 Å². The van der Waals surface area contributed by atoms with Crippen LogP contribution in [0.15, 0.2) is 54.6 Å². The van der Waals surface area contributed by atoms with Gasteiger partial charge in [0.05, 0.1) is 16.3 Å². The third kappa shape index (κ3) is 3.87. The van der Waals surface area contributed by atoms with E-state index in [-0.39, 0.29) is 17.4 Å². The molecule has 1 fully saturated rings. The number of likely N-dealkylation sites (tertiary alicyclic amines) is 1. The van der Waals surface area contributed by atoms with Gasteiger partial charge in [0.15, 0.2) is 0 Å². The molecule has 2 heterocycles. The number of aromatic nitrogens is 2. The molecule has 4 rings (SSSR count). The number of nitro groups is 1. The lowest BCUT2D eigenvalue weighted by Crippen LogP contribution is -2.36. The van der Waals surface area contributed by atoms with Crippen molar-refractivity contribution >= 4 is 11.6 Å². The average Bonchev–Trinajstić information content (AvgIpc) is 3.20. The number of nitro benzene ring substituents is 1. The minimum absolute atomic E-state index is 0.0855. The molecular weight excluding hydrogens is 375 g/mol. The van der Waals surface area contributed by atoms with Gasteiger partial charge in [-0.25, -0.2) is 9.07 Å². The van der Waals surface area contributed by atoms with E-state index >= 15 is 0 Å². The number of carbonyl (C=O) groups is 1. The fourth-order valence-electron chi connectivity index (χ4n) is 3.49. The number of carbonyl (C=O) groups excluding carboxylic acids is 1. The van der Waals surface area contributed by atoms with Crippen molar-refractivity contribution < 1.29 is 14.1 Å². The van der Waals surface area contributed by atoms with Crippen LogP contribution in [0.1, 0.15) is 29.8 Å². The lowest BCUT2D eigenvalue weighted by atomic mass is 10.1. The molecule has 1 amide bonds. The second-order valence-corrected chi connectivity index (χ2v) is 6.96. The van der Waals surface area contributed by atoms with Crippen molar-refractivity contribution in [3.8, 4) is 16.9 Å². The van der Waals surface area contributed by atoms with Crippen molar-refractivity contribution in [1.82, 2.24) is 14.7 Å². The van der Waals surface area contributed by atoms with E-state index in [1.54, 1.807) is 35.2 Å². The molecule has 148 valence electrons. The number of hydrogen-bond acceptors (Lipinski definition) is 4. The standard InChI is InChI=1S/C21H19FN4O3/c22-16-9-7-15(8-10-16)19-14-20(21(27)24-11-2-1-3-12-24)25(23-19)17-5-4-6-18(13-17)26(28)29/h4-10,13-14H,1-3,11-12H2. The zero-order chi connectivity index (χ0) is 20.4. The Morgan fingerprint density at radius 1 is 1.03 bits per heavy atom. The topological polar surface area (TPSA) is 81.3 Å². The Hall–Kier alpha value is -3.55. The van der Waals surface area contributed by atoms with Crippen molar-refractivity contribution in [3.63, 3.8) is 0 Å². The molecule has 0 atom stereocenters. The Bertz CT molecular complexity index is 1060. The number of non-ortho nitro benzene ring substituents is 1. The maximum absolute atomic E-state index is 13.3. The number of benzene rings is 2. The van der Waals surface area contributed by atoms with Gasteiger partial charge in [-0.1, -0.05) is 6.07 Å². The van der Waals surface area contributed by atoms with Gasteiger partial charge in [0.2, 0.25) is 0 Å². The quantitative estimate of drug-likeness (QED) is 0.490.